The van der Waals surface area contributed by atoms with Crippen molar-refractivity contribution in [3.63, 3.8) is 0 Å². The van der Waals surface area contributed by atoms with Gasteiger partial charge in [-0.05, 0) is 25.0 Å². The van der Waals surface area contributed by atoms with Crippen LogP contribution >= 0.6 is 0 Å². The highest BCUT2D eigenvalue weighted by Crippen LogP contribution is 2.20. The van der Waals surface area contributed by atoms with E-state index in [2.05, 4.69) is 5.16 Å². The molecule has 1 amide bonds. The molecule has 0 saturated carbocycles. The van der Waals surface area contributed by atoms with Crippen LogP contribution in [0.15, 0.2) is 28.8 Å². The highest BCUT2D eigenvalue weighted by Gasteiger charge is 2.34. The number of nitrogens with zero attached hydrogens (tertiary/aromatic N) is 2. The molecule has 0 spiro atoms. The summed E-state index contributed by atoms with van der Waals surface area (Å²) >= 11 is 0. The zero-order valence-electron chi connectivity index (χ0n) is 15.1. The third kappa shape index (κ3) is 4.65. The molecule has 1 atom stereocenters. The molecular weight excluding hydrogens is 372 g/mol. The predicted molar refractivity (Wildman–Crippen MR) is 97.7 cm³/mol. The molecule has 2 heterocycles. The fourth-order valence-electron chi connectivity index (χ4n) is 3.25. The quantitative estimate of drug-likeness (QED) is 0.652. The summed E-state index contributed by atoms with van der Waals surface area (Å²) in [6, 6.07) is 6.82. The molecule has 0 bridgehead atoms. The van der Waals surface area contributed by atoms with Gasteiger partial charge < -0.3 is 14.2 Å². The molecule has 9 heteroatoms. The topological polar surface area (TPSA) is 107 Å². The molecule has 1 aromatic carbocycles. The number of hydrogen-bond acceptors (Lipinski definition) is 7. The highest BCUT2D eigenvalue weighted by molar-refractivity contribution is 7.91. The first-order valence-corrected chi connectivity index (χ1v) is 10.7. The number of rotatable bonds is 7. The number of carbonyl (C=O) groups excluding carboxylic acids is 2. The number of hydrogen-bond donors (Lipinski definition) is 0. The van der Waals surface area contributed by atoms with Crippen LogP contribution in [0.5, 0.6) is 0 Å². The number of ether oxygens (including phenoxy) is 1. The van der Waals surface area contributed by atoms with Gasteiger partial charge in [0, 0.05) is 18.0 Å². The Morgan fingerprint density at radius 2 is 2.11 bits per heavy atom. The molecule has 8 nitrogen and oxygen atoms in total. The van der Waals surface area contributed by atoms with Crippen molar-refractivity contribution >= 4 is 32.7 Å². The molecule has 0 aliphatic carbocycles. The second-order valence-corrected chi connectivity index (χ2v) is 8.84. The van der Waals surface area contributed by atoms with Crippen LogP contribution in [0, 0.1) is 0 Å². The summed E-state index contributed by atoms with van der Waals surface area (Å²) in [6.07, 6.45) is 1.02. The molecule has 1 fully saturated rings. The molecule has 3 rings (SSSR count). The maximum Gasteiger partial charge on any atom is 0.312 e. The third-order valence-electron chi connectivity index (χ3n) is 4.55. The van der Waals surface area contributed by atoms with E-state index in [1.807, 2.05) is 13.0 Å². The van der Waals surface area contributed by atoms with Gasteiger partial charge in [0.25, 0.3) is 5.91 Å². The van der Waals surface area contributed by atoms with E-state index in [-0.39, 0.29) is 29.9 Å². The van der Waals surface area contributed by atoms with Crippen LogP contribution in [0.4, 0.5) is 0 Å². The number of para-hydroxylation sites is 1. The first kappa shape index (κ1) is 19.3. The fourth-order valence-corrected chi connectivity index (χ4v) is 4.98. The monoisotopic (exact) mass is 394 g/mol. The average molecular weight is 394 g/mol. The van der Waals surface area contributed by atoms with Gasteiger partial charge in [-0.3, -0.25) is 9.59 Å². The van der Waals surface area contributed by atoms with Crippen LogP contribution in [0.2, 0.25) is 0 Å². The number of amides is 1. The third-order valence-corrected chi connectivity index (χ3v) is 6.30. The molecule has 146 valence electrons. The van der Waals surface area contributed by atoms with Gasteiger partial charge in [-0.2, -0.15) is 0 Å². The second-order valence-electron chi connectivity index (χ2n) is 6.61. The van der Waals surface area contributed by atoms with Crippen LogP contribution in [-0.4, -0.2) is 61.1 Å². The van der Waals surface area contributed by atoms with Gasteiger partial charge in [-0.1, -0.05) is 24.2 Å². The Labute approximate surface area is 157 Å². The lowest BCUT2D eigenvalue weighted by molar-refractivity contribution is -0.152. The fraction of sp³-hybridized carbons (Fsp3) is 0.500. The van der Waals surface area contributed by atoms with Crippen molar-refractivity contribution in [3.05, 3.63) is 30.0 Å². The van der Waals surface area contributed by atoms with Crippen LogP contribution in [0.25, 0.3) is 11.0 Å². The van der Waals surface area contributed by atoms with Crippen molar-refractivity contribution in [1.82, 2.24) is 10.1 Å². The van der Waals surface area contributed by atoms with Crippen molar-refractivity contribution in [2.24, 2.45) is 0 Å². The second kappa shape index (κ2) is 8.08. The lowest BCUT2D eigenvalue weighted by Crippen LogP contribution is -2.43. The lowest BCUT2D eigenvalue weighted by Gasteiger charge is -2.27. The zero-order chi connectivity index (χ0) is 19.4. The van der Waals surface area contributed by atoms with Gasteiger partial charge >= 0.3 is 5.97 Å². The summed E-state index contributed by atoms with van der Waals surface area (Å²) in [5.74, 6) is -0.905. The predicted octanol–water partition coefficient (Wildman–Crippen LogP) is 1.34. The minimum atomic E-state index is -3.10. The standard InChI is InChI=1S/C18H22N2O6S/c1-2-8-20(13-7-9-27(23,24)12-13)17(21)11-25-18(22)10-15-14-5-3-4-6-16(14)26-19-15/h3-6,13H,2,7-12H2,1H3/t13-/m0/s1. The zero-order valence-corrected chi connectivity index (χ0v) is 15.9. The van der Waals surface area contributed by atoms with Crippen LogP contribution < -0.4 is 0 Å². The number of aromatic nitrogens is 1. The number of fused-ring (bicyclic) bond motifs is 1. The minimum absolute atomic E-state index is 0.0301. The Bertz CT molecular complexity index is 936. The first-order valence-electron chi connectivity index (χ1n) is 8.88. The maximum absolute atomic E-state index is 12.5. The normalized spacial score (nSPS) is 18.5. The maximum atomic E-state index is 12.5. The van der Waals surface area contributed by atoms with Gasteiger partial charge in [0.05, 0.1) is 17.9 Å². The van der Waals surface area contributed by atoms with Crippen molar-refractivity contribution in [2.75, 3.05) is 24.7 Å². The molecule has 1 aromatic heterocycles. The van der Waals surface area contributed by atoms with Crippen molar-refractivity contribution < 1.29 is 27.3 Å². The van der Waals surface area contributed by atoms with Crippen LogP contribution in [0.3, 0.4) is 0 Å². The smallest absolute Gasteiger partial charge is 0.312 e. The van der Waals surface area contributed by atoms with Crippen molar-refractivity contribution in [3.8, 4) is 0 Å². The summed E-state index contributed by atoms with van der Waals surface area (Å²) in [5, 5.41) is 4.59. The number of esters is 1. The van der Waals surface area contributed by atoms with Crippen LogP contribution in [0.1, 0.15) is 25.5 Å². The van der Waals surface area contributed by atoms with Crippen molar-refractivity contribution in [1.29, 1.82) is 0 Å². The molecule has 1 aliphatic rings. The van der Waals surface area contributed by atoms with Gasteiger partial charge in [-0.15, -0.1) is 0 Å². The summed E-state index contributed by atoms with van der Waals surface area (Å²) in [7, 11) is -3.10. The van der Waals surface area contributed by atoms with Gasteiger partial charge in [0.2, 0.25) is 0 Å². The summed E-state index contributed by atoms with van der Waals surface area (Å²) < 4.78 is 33.6. The first-order chi connectivity index (χ1) is 12.9. The van der Waals surface area contributed by atoms with Crippen molar-refractivity contribution in [2.45, 2.75) is 32.2 Å². The SMILES string of the molecule is CCCN(C(=O)COC(=O)Cc1noc2ccccc12)[C@H]1CCS(=O)(=O)C1. The molecule has 0 unspecified atom stereocenters. The van der Waals surface area contributed by atoms with E-state index in [0.29, 0.717) is 30.7 Å². The molecule has 0 N–H and O–H groups in total. The average Bonchev–Trinajstić information content (AvgIpc) is 3.21. The summed E-state index contributed by atoms with van der Waals surface area (Å²) in [5.41, 5.74) is 1.03. The van der Waals surface area contributed by atoms with E-state index in [9.17, 15) is 18.0 Å². The molecule has 27 heavy (non-hydrogen) atoms. The number of carbonyl (C=O) groups is 2. The van der Waals surface area contributed by atoms with Crippen LogP contribution in [-0.2, 0) is 30.6 Å². The Balaban J connectivity index is 1.57. The van der Waals surface area contributed by atoms with E-state index in [1.165, 1.54) is 4.90 Å². The lowest BCUT2D eigenvalue weighted by atomic mass is 10.2. The molecule has 1 saturated heterocycles. The van der Waals surface area contributed by atoms with E-state index in [1.54, 1.807) is 18.2 Å². The highest BCUT2D eigenvalue weighted by atomic mass is 32.2. The number of sulfone groups is 1. The minimum Gasteiger partial charge on any atom is -0.455 e. The summed E-state index contributed by atoms with van der Waals surface area (Å²) in [4.78, 5) is 26.1. The van der Waals surface area contributed by atoms with E-state index in [0.717, 1.165) is 5.39 Å². The molecular formula is C18H22N2O6S. The van der Waals surface area contributed by atoms with Gasteiger partial charge in [0.1, 0.15) is 5.69 Å². The largest absolute Gasteiger partial charge is 0.455 e. The number of benzene rings is 1. The van der Waals surface area contributed by atoms with E-state index >= 15 is 0 Å². The Hall–Kier alpha value is -2.42. The Morgan fingerprint density at radius 3 is 2.81 bits per heavy atom. The Morgan fingerprint density at radius 1 is 1.33 bits per heavy atom. The molecule has 0 radical (unpaired) electrons. The molecule has 2 aromatic rings. The van der Waals surface area contributed by atoms with E-state index in [4.69, 9.17) is 9.26 Å². The Kier molecular flexibility index (Phi) is 5.79. The molecule has 1 aliphatic heterocycles. The van der Waals surface area contributed by atoms with Gasteiger partial charge in [0.15, 0.2) is 22.0 Å². The van der Waals surface area contributed by atoms with E-state index < -0.39 is 22.4 Å². The van der Waals surface area contributed by atoms with Gasteiger partial charge in [-0.25, -0.2) is 8.42 Å². The summed E-state index contributed by atoms with van der Waals surface area (Å²) in [6.45, 7) is 1.93.